The molecule has 1 aliphatic rings. The van der Waals surface area contributed by atoms with Gasteiger partial charge in [-0.25, -0.2) is 0 Å². The monoisotopic (exact) mass is 264 g/mol. The van der Waals surface area contributed by atoms with Gasteiger partial charge < -0.3 is 0 Å². The molecule has 2 aromatic rings. The lowest BCUT2D eigenvalue weighted by atomic mass is 9.83. The van der Waals surface area contributed by atoms with E-state index in [2.05, 4.69) is 24.3 Å². The molecule has 1 saturated carbocycles. The minimum Gasteiger partial charge on any atom is -0.298 e. The molecule has 0 N–H and O–H groups in total. The van der Waals surface area contributed by atoms with Crippen molar-refractivity contribution in [1.82, 2.24) is 0 Å². The summed E-state index contributed by atoms with van der Waals surface area (Å²) in [4.78, 5) is 11.1. The van der Waals surface area contributed by atoms with Crippen LogP contribution < -0.4 is 0 Å². The standard InChI is InChI=1S/C19H20O/c20-14-18-8-4-5-9-19(18)17-12-10-16(11-13-17)15-6-2-1-3-7-15/h4-5,8-15H,1-3,6-7H2. The number of carbonyl (C=O) groups excluding carboxylic acids is 1. The molecule has 0 saturated heterocycles. The fraction of sp³-hybridized carbons (Fsp3) is 0.316. The fourth-order valence-electron chi connectivity index (χ4n) is 3.23. The second-order valence-electron chi connectivity index (χ2n) is 5.66. The van der Waals surface area contributed by atoms with Crippen LogP contribution in [0.1, 0.15) is 53.9 Å². The third-order valence-electron chi connectivity index (χ3n) is 4.39. The normalized spacial score (nSPS) is 16.0. The Morgan fingerprint density at radius 2 is 1.55 bits per heavy atom. The van der Waals surface area contributed by atoms with Crippen molar-refractivity contribution in [2.45, 2.75) is 38.0 Å². The maximum atomic E-state index is 11.1. The van der Waals surface area contributed by atoms with Crippen LogP contribution in [-0.2, 0) is 0 Å². The molecular formula is C19H20O. The van der Waals surface area contributed by atoms with Crippen LogP contribution in [0.3, 0.4) is 0 Å². The lowest BCUT2D eigenvalue weighted by Crippen LogP contribution is -2.04. The van der Waals surface area contributed by atoms with Crippen molar-refractivity contribution in [3.05, 3.63) is 59.7 Å². The third-order valence-corrected chi connectivity index (χ3v) is 4.39. The topological polar surface area (TPSA) is 17.1 Å². The molecule has 0 unspecified atom stereocenters. The molecule has 1 fully saturated rings. The van der Waals surface area contributed by atoms with Gasteiger partial charge in [0.05, 0.1) is 0 Å². The second-order valence-corrected chi connectivity index (χ2v) is 5.66. The van der Waals surface area contributed by atoms with Crippen LogP contribution in [-0.4, -0.2) is 6.29 Å². The van der Waals surface area contributed by atoms with E-state index in [-0.39, 0.29) is 0 Å². The van der Waals surface area contributed by atoms with Crippen LogP contribution in [0.25, 0.3) is 11.1 Å². The maximum Gasteiger partial charge on any atom is 0.150 e. The Morgan fingerprint density at radius 1 is 0.850 bits per heavy atom. The average molecular weight is 264 g/mol. The summed E-state index contributed by atoms with van der Waals surface area (Å²) >= 11 is 0. The van der Waals surface area contributed by atoms with Gasteiger partial charge in [-0.1, -0.05) is 67.8 Å². The number of benzene rings is 2. The first kappa shape index (κ1) is 13.1. The second kappa shape index (κ2) is 6.04. The molecule has 1 heteroatoms. The minimum absolute atomic E-state index is 0.735. The van der Waals surface area contributed by atoms with E-state index in [1.54, 1.807) is 0 Å². The van der Waals surface area contributed by atoms with Gasteiger partial charge in [-0.05, 0) is 35.4 Å². The largest absolute Gasteiger partial charge is 0.298 e. The highest BCUT2D eigenvalue weighted by Gasteiger charge is 2.15. The number of rotatable bonds is 3. The lowest BCUT2D eigenvalue weighted by molar-refractivity contribution is 0.112. The van der Waals surface area contributed by atoms with Crippen molar-refractivity contribution in [3.8, 4) is 11.1 Å². The van der Waals surface area contributed by atoms with Gasteiger partial charge in [0.2, 0.25) is 0 Å². The van der Waals surface area contributed by atoms with Gasteiger partial charge in [-0.2, -0.15) is 0 Å². The third kappa shape index (κ3) is 2.67. The van der Waals surface area contributed by atoms with E-state index < -0.39 is 0 Å². The van der Waals surface area contributed by atoms with E-state index >= 15 is 0 Å². The van der Waals surface area contributed by atoms with Crippen molar-refractivity contribution < 1.29 is 4.79 Å². The molecule has 0 amide bonds. The summed E-state index contributed by atoms with van der Waals surface area (Å²) < 4.78 is 0. The summed E-state index contributed by atoms with van der Waals surface area (Å²) in [5.41, 5.74) is 4.37. The number of aldehydes is 1. The molecule has 0 aliphatic heterocycles. The van der Waals surface area contributed by atoms with Crippen molar-refractivity contribution >= 4 is 6.29 Å². The van der Waals surface area contributed by atoms with Gasteiger partial charge in [-0.3, -0.25) is 4.79 Å². The van der Waals surface area contributed by atoms with Gasteiger partial charge in [0, 0.05) is 5.56 Å². The summed E-state index contributed by atoms with van der Waals surface area (Å²) in [5, 5.41) is 0. The summed E-state index contributed by atoms with van der Waals surface area (Å²) in [6.07, 6.45) is 7.70. The zero-order chi connectivity index (χ0) is 13.8. The minimum atomic E-state index is 0.735. The number of hydrogen-bond donors (Lipinski definition) is 0. The number of hydrogen-bond acceptors (Lipinski definition) is 1. The Bertz CT molecular complexity index is 577. The molecule has 0 atom stereocenters. The molecule has 102 valence electrons. The summed E-state index contributed by atoms with van der Waals surface area (Å²) in [6, 6.07) is 16.6. The van der Waals surface area contributed by atoms with Gasteiger partial charge in [0.1, 0.15) is 0 Å². The highest BCUT2D eigenvalue weighted by molar-refractivity contribution is 5.87. The first-order valence-corrected chi connectivity index (χ1v) is 7.53. The van der Waals surface area contributed by atoms with Crippen LogP contribution in [0.2, 0.25) is 0 Å². The predicted octanol–water partition coefficient (Wildman–Crippen LogP) is 5.21. The summed E-state index contributed by atoms with van der Waals surface area (Å²) in [6.45, 7) is 0. The SMILES string of the molecule is O=Cc1ccccc1-c1ccc(C2CCCCC2)cc1. The molecule has 1 aliphatic carbocycles. The Labute approximate surface area is 120 Å². The quantitative estimate of drug-likeness (QED) is 0.695. The molecule has 3 rings (SSSR count). The van der Waals surface area contributed by atoms with Gasteiger partial charge in [0.25, 0.3) is 0 Å². The van der Waals surface area contributed by atoms with Gasteiger partial charge in [-0.15, -0.1) is 0 Å². The van der Waals surface area contributed by atoms with E-state index in [9.17, 15) is 4.79 Å². The Hall–Kier alpha value is -1.89. The average Bonchev–Trinajstić information content (AvgIpc) is 2.56. The maximum absolute atomic E-state index is 11.1. The molecule has 0 aromatic heterocycles. The van der Waals surface area contributed by atoms with Crippen LogP contribution >= 0.6 is 0 Å². The van der Waals surface area contributed by atoms with Crippen molar-refractivity contribution in [2.75, 3.05) is 0 Å². The van der Waals surface area contributed by atoms with Crippen LogP contribution in [0, 0.1) is 0 Å². The zero-order valence-corrected chi connectivity index (χ0v) is 11.7. The van der Waals surface area contributed by atoms with Crippen LogP contribution in [0.15, 0.2) is 48.5 Å². The molecule has 2 aromatic carbocycles. The summed E-state index contributed by atoms with van der Waals surface area (Å²) in [7, 11) is 0. The first-order valence-electron chi connectivity index (χ1n) is 7.53. The molecule has 0 bridgehead atoms. The van der Waals surface area contributed by atoms with E-state index in [0.29, 0.717) is 0 Å². The molecule has 0 heterocycles. The van der Waals surface area contributed by atoms with E-state index in [1.165, 1.54) is 37.7 Å². The highest BCUT2D eigenvalue weighted by Crippen LogP contribution is 2.33. The van der Waals surface area contributed by atoms with Crippen molar-refractivity contribution in [2.24, 2.45) is 0 Å². The van der Waals surface area contributed by atoms with Gasteiger partial charge >= 0.3 is 0 Å². The van der Waals surface area contributed by atoms with Gasteiger partial charge in [0.15, 0.2) is 6.29 Å². The van der Waals surface area contributed by atoms with Crippen LogP contribution in [0.4, 0.5) is 0 Å². The predicted molar refractivity (Wildman–Crippen MR) is 83.1 cm³/mol. The summed E-state index contributed by atoms with van der Waals surface area (Å²) in [5.74, 6) is 0.735. The Kier molecular flexibility index (Phi) is 3.96. The highest BCUT2D eigenvalue weighted by atomic mass is 16.1. The first-order chi connectivity index (χ1) is 9.88. The smallest absolute Gasteiger partial charge is 0.150 e. The fourth-order valence-corrected chi connectivity index (χ4v) is 3.23. The number of carbonyl (C=O) groups is 1. The molecule has 1 nitrogen and oxygen atoms in total. The van der Waals surface area contributed by atoms with E-state index in [4.69, 9.17) is 0 Å². The zero-order valence-electron chi connectivity index (χ0n) is 11.7. The lowest BCUT2D eigenvalue weighted by Gasteiger charge is -2.22. The molecular weight excluding hydrogens is 244 g/mol. The van der Waals surface area contributed by atoms with Crippen LogP contribution in [0.5, 0.6) is 0 Å². The Balaban J connectivity index is 1.87. The van der Waals surface area contributed by atoms with Crippen molar-refractivity contribution in [1.29, 1.82) is 0 Å². The molecule has 20 heavy (non-hydrogen) atoms. The Morgan fingerprint density at radius 3 is 2.25 bits per heavy atom. The molecule has 0 spiro atoms. The molecule has 0 radical (unpaired) electrons. The van der Waals surface area contributed by atoms with Crippen molar-refractivity contribution in [3.63, 3.8) is 0 Å². The van der Waals surface area contributed by atoms with E-state index in [0.717, 1.165) is 28.9 Å². The van der Waals surface area contributed by atoms with E-state index in [1.807, 2.05) is 24.3 Å².